The van der Waals surface area contributed by atoms with Crippen LogP contribution in [0.3, 0.4) is 0 Å². The number of furan rings is 1. The SMILES string of the molecule is O=C(NCCCCO)c1cc(-c2ccco2)on1. The smallest absolute Gasteiger partial charge is 0.273 e. The number of nitrogens with one attached hydrogen (secondary N) is 1. The summed E-state index contributed by atoms with van der Waals surface area (Å²) in [6.07, 6.45) is 2.91. The van der Waals surface area contributed by atoms with Crippen LogP contribution in [0, 0.1) is 0 Å². The molecule has 0 spiro atoms. The highest BCUT2D eigenvalue weighted by Crippen LogP contribution is 2.20. The van der Waals surface area contributed by atoms with E-state index in [9.17, 15) is 4.79 Å². The normalized spacial score (nSPS) is 10.5. The number of carbonyl (C=O) groups is 1. The fourth-order valence-electron chi connectivity index (χ4n) is 1.45. The summed E-state index contributed by atoms with van der Waals surface area (Å²) < 4.78 is 10.1. The molecule has 0 aliphatic rings. The Kier molecular flexibility index (Phi) is 4.14. The van der Waals surface area contributed by atoms with E-state index in [-0.39, 0.29) is 18.2 Å². The number of hydrogen-bond donors (Lipinski definition) is 2. The standard InChI is InChI=1S/C12H14N2O4/c15-6-2-1-5-13-12(16)9-8-11(18-14-9)10-4-3-7-17-10/h3-4,7-8,15H,1-2,5-6H2,(H,13,16). The molecule has 2 rings (SSSR count). The molecule has 2 N–H and O–H groups in total. The van der Waals surface area contributed by atoms with E-state index in [4.69, 9.17) is 14.0 Å². The first-order valence-corrected chi connectivity index (χ1v) is 5.71. The van der Waals surface area contributed by atoms with Gasteiger partial charge in [-0.2, -0.15) is 0 Å². The van der Waals surface area contributed by atoms with E-state index in [2.05, 4.69) is 10.5 Å². The quantitative estimate of drug-likeness (QED) is 0.757. The van der Waals surface area contributed by atoms with Gasteiger partial charge in [-0.1, -0.05) is 5.16 Å². The summed E-state index contributed by atoms with van der Waals surface area (Å²) in [6, 6.07) is 4.98. The molecule has 0 fully saturated rings. The van der Waals surface area contributed by atoms with Crippen LogP contribution in [0.4, 0.5) is 0 Å². The number of hydrogen-bond acceptors (Lipinski definition) is 5. The summed E-state index contributed by atoms with van der Waals surface area (Å²) in [5, 5.41) is 15.0. The minimum absolute atomic E-state index is 0.127. The van der Waals surface area contributed by atoms with E-state index in [0.29, 0.717) is 24.5 Å². The highest BCUT2D eigenvalue weighted by Gasteiger charge is 2.14. The molecule has 96 valence electrons. The monoisotopic (exact) mass is 250 g/mol. The van der Waals surface area contributed by atoms with Crippen LogP contribution in [0.5, 0.6) is 0 Å². The molecule has 6 heteroatoms. The van der Waals surface area contributed by atoms with Gasteiger partial charge in [0.15, 0.2) is 11.5 Å². The number of unbranched alkanes of at least 4 members (excludes halogenated alkanes) is 1. The molecule has 0 unspecified atom stereocenters. The molecule has 0 radical (unpaired) electrons. The maximum Gasteiger partial charge on any atom is 0.273 e. The average Bonchev–Trinajstić information content (AvgIpc) is 3.03. The number of carbonyl (C=O) groups excluding carboxylic acids is 1. The first-order chi connectivity index (χ1) is 8.81. The van der Waals surface area contributed by atoms with E-state index in [1.54, 1.807) is 12.1 Å². The van der Waals surface area contributed by atoms with Crippen molar-refractivity contribution in [3.8, 4) is 11.5 Å². The highest BCUT2D eigenvalue weighted by atomic mass is 16.5. The Hall–Kier alpha value is -2.08. The first kappa shape index (κ1) is 12.4. The highest BCUT2D eigenvalue weighted by molar-refractivity contribution is 5.92. The molecule has 2 aromatic rings. The summed E-state index contributed by atoms with van der Waals surface area (Å²) in [5.74, 6) is 0.650. The van der Waals surface area contributed by atoms with Crippen molar-refractivity contribution < 1.29 is 18.8 Å². The van der Waals surface area contributed by atoms with Crippen molar-refractivity contribution in [2.45, 2.75) is 12.8 Å². The minimum Gasteiger partial charge on any atom is -0.461 e. The van der Waals surface area contributed by atoms with Crippen molar-refractivity contribution in [3.63, 3.8) is 0 Å². The topological polar surface area (TPSA) is 88.5 Å². The number of aliphatic hydroxyl groups excluding tert-OH is 1. The third kappa shape index (κ3) is 2.98. The molecule has 0 aromatic carbocycles. The summed E-state index contributed by atoms with van der Waals surface area (Å²) >= 11 is 0. The van der Waals surface area contributed by atoms with Crippen molar-refractivity contribution in [2.24, 2.45) is 0 Å². The molecule has 0 aliphatic heterocycles. The third-order valence-corrected chi connectivity index (χ3v) is 2.38. The van der Waals surface area contributed by atoms with Crippen LogP contribution in [-0.2, 0) is 0 Å². The van der Waals surface area contributed by atoms with E-state index in [1.165, 1.54) is 12.3 Å². The van der Waals surface area contributed by atoms with Gasteiger partial charge >= 0.3 is 0 Å². The summed E-state index contributed by atoms with van der Waals surface area (Å²) in [7, 11) is 0. The first-order valence-electron chi connectivity index (χ1n) is 5.71. The van der Waals surface area contributed by atoms with E-state index in [0.717, 1.165) is 6.42 Å². The number of nitrogens with zero attached hydrogens (tertiary/aromatic N) is 1. The Morgan fingerprint density at radius 2 is 2.28 bits per heavy atom. The molecule has 2 aromatic heterocycles. The molecule has 18 heavy (non-hydrogen) atoms. The van der Waals surface area contributed by atoms with Gasteiger partial charge in [0.2, 0.25) is 5.76 Å². The maximum atomic E-state index is 11.7. The summed E-state index contributed by atoms with van der Waals surface area (Å²) in [5.41, 5.74) is 0.213. The number of aliphatic hydroxyl groups is 1. The van der Waals surface area contributed by atoms with Crippen LogP contribution in [0.15, 0.2) is 33.4 Å². The fourth-order valence-corrected chi connectivity index (χ4v) is 1.45. The van der Waals surface area contributed by atoms with Gasteiger partial charge in [-0.05, 0) is 25.0 Å². The predicted molar refractivity (Wildman–Crippen MR) is 62.9 cm³/mol. The second-order valence-corrected chi connectivity index (χ2v) is 3.74. The molecule has 2 heterocycles. The number of aromatic nitrogens is 1. The Balaban J connectivity index is 1.91. The third-order valence-electron chi connectivity index (χ3n) is 2.38. The van der Waals surface area contributed by atoms with Crippen molar-refractivity contribution in [3.05, 3.63) is 30.2 Å². The van der Waals surface area contributed by atoms with Crippen LogP contribution >= 0.6 is 0 Å². The van der Waals surface area contributed by atoms with Crippen molar-refractivity contribution in [1.82, 2.24) is 10.5 Å². The van der Waals surface area contributed by atoms with Gasteiger partial charge < -0.3 is 19.4 Å². The van der Waals surface area contributed by atoms with Gasteiger partial charge in [0.25, 0.3) is 5.91 Å². The van der Waals surface area contributed by atoms with Crippen LogP contribution in [0.25, 0.3) is 11.5 Å². The van der Waals surface area contributed by atoms with E-state index in [1.807, 2.05) is 0 Å². The van der Waals surface area contributed by atoms with Crippen LogP contribution < -0.4 is 5.32 Å². The van der Waals surface area contributed by atoms with E-state index < -0.39 is 0 Å². The largest absolute Gasteiger partial charge is 0.461 e. The number of rotatable bonds is 6. The molecule has 1 amide bonds. The fraction of sp³-hybridized carbons (Fsp3) is 0.333. The lowest BCUT2D eigenvalue weighted by Gasteiger charge is -2.00. The van der Waals surface area contributed by atoms with Crippen molar-refractivity contribution in [1.29, 1.82) is 0 Å². The lowest BCUT2D eigenvalue weighted by molar-refractivity contribution is 0.0943. The van der Waals surface area contributed by atoms with Gasteiger partial charge in [0, 0.05) is 19.2 Å². The van der Waals surface area contributed by atoms with Crippen molar-refractivity contribution in [2.75, 3.05) is 13.2 Å². The minimum atomic E-state index is -0.297. The van der Waals surface area contributed by atoms with Gasteiger partial charge in [-0.25, -0.2) is 0 Å². The molecule has 0 atom stereocenters. The van der Waals surface area contributed by atoms with Crippen LogP contribution in [-0.4, -0.2) is 29.3 Å². The van der Waals surface area contributed by atoms with Gasteiger partial charge in [0.1, 0.15) is 0 Å². The zero-order valence-electron chi connectivity index (χ0n) is 9.76. The summed E-state index contributed by atoms with van der Waals surface area (Å²) in [4.78, 5) is 11.7. The predicted octanol–water partition coefficient (Wildman–Crippen LogP) is 1.44. The molecule has 0 aliphatic carbocycles. The van der Waals surface area contributed by atoms with Gasteiger partial charge in [0.05, 0.1) is 6.26 Å². The zero-order chi connectivity index (χ0) is 12.8. The molecule has 0 saturated carbocycles. The Morgan fingerprint density at radius 3 is 3.00 bits per heavy atom. The molecular weight excluding hydrogens is 236 g/mol. The van der Waals surface area contributed by atoms with Crippen molar-refractivity contribution >= 4 is 5.91 Å². The molecule has 0 saturated heterocycles. The average molecular weight is 250 g/mol. The summed E-state index contributed by atoms with van der Waals surface area (Å²) in [6.45, 7) is 0.630. The van der Waals surface area contributed by atoms with Crippen LogP contribution in [0.1, 0.15) is 23.3 Å². The van der Waals surface area contributed by atoms with Gasteiger partial charge in [-0.3, -0.25) is 4.79 Å². The van der Waals surface area contributed by atoms with Crippen LogP contribution in [0.2, 0.25) is 0 Å². The van der Waals surface area contributed by atoms with Gasteiger partial charge in [-0.15, -0.1) is 0 Å². The second-order valence-electron chi connectivity index (χ2n) is 3.74. The molecule has 0 bridgehead atoms. The second kappa shape index (κ2) is 6.02. The lowest BCUT2D eigenvalue weighted by atomic mass is 10.3. The van der Waals surface area contributed by atoms with E-state index >= 15 is 0 Å². The number of amides is 1. The zero-order valence-corrected chi connectivity index (χ0v) is 9.76. The Bertz CT molecular complexity index is 490. The molecule has 6 nitrogen and oxygen atoms in total. The Labute approximate surface area is 104 Å². The lowest BCUT2D eigenvalue weighted by Crippen LogP contribution is -2.24. The molecular formula is C12H14N2O4. The maximum absolute atomic E-state index is 11.7. The Morgan fingerprint density at radius 1 is 1.39 bits per heavy atom.